The number of amides is 9. The number of phenolic OH excluding ortho intramolecular Hbond substituents is 1. The number of aliphatic hydroxyl groups is 1. The Bertz CT molecular complexity index is 2950. The molecule has 0 spiro atoms. The first-order chi connectivity index (χ1) is 38.7. The van der Waals surface area contributed by atoms with E-state index < -0.39 is 108 Å². The fourth-order valence-electron chi connectivity index (χ4n) is 8.56. The molecule has 0 aliphatic rings. The van der Waals surface area contributed by atoms with Crippen molar-refractivity contribution in [3.05, 3.63) is 132 Å². The number of primary amides is 1. The maximum atomic E-state index is 14.9. The number of hydrogen-bond acceptors (Lipinski definition) is 15. The summed E-state index contributed by atoms with van der Waals surface area (Å²) in [5, 5.41) is 51.6. The molecule has 9 atom stereocenters. The third kappa shape index (κ3) is 19.8. The maximum Gasteiger partial charge on any atom is 0.327 e. The Kier molecular flexibility index (Phi) is 24.7. The Hall–Kier alpha value is -8.33. The number of phenols is 1. The molecule has 0 unspecified atom stereocenters. The van der Waals surface area contributed by atoms with Gasteiger partial charge in [-0.25, -0.2) is 9.59 Å². The van der Waals surface area contributed by atoms with E-state index >= 15 is 0 Å². The standard InChI is InChI=1S/C55H70N12O12S2/c1-30(68)46(53(76)64-42(25-33-16-20-36(69)21-17-33)50(73)65-45(29-81)54(77)78)67-47(70)39(13-7-8-22-56)60-51(74)43(26-34-27-59-38-12-6-5-11-37(34)38)63-49(72)41(24-32-14-18-35(57)19-15-32)61-48(71)40(23-31-9-3-2-4-10-31)62-52(75)44(28-80)66-55(58)79/h2-6,9-12,14-21,27,30,39-46,59,68-69,80-81H,7-8,13,22-26,28-29,56-57H2,1H3,(H,60,74)(H,61,71)(H,62,75)(H,63,72)(H,64,76)(H,65,73)(H,67,70)(H,77,78)(H3,58,66,79)/t30-,39+,40+,41+,42+,43+,44+,45+,46+/m1/s1. The van der Waals surface area contributed by atoms with Gasteiger partial charge < -0.3 is 80.0 Å². The highest BCUT2D eigenvalue weighted by Gasteiger charge is 2.36. The van der Waals surface area contributed by atoms with Crippen LogP contribution < -0.4 is 59.7 Å². The topological polar surface area (TPSA) is 404 Å². The number of unbranched alkanes of at least 4 members (excludes halogenated alkanes) is 1. The van der Waals surface area contributed by atoms with Gasteiger partial charge >= 0.3 is 12.0 Å². The first-order valence-electron chi connectivity index (χ1n) is 25.9. The number of nitrogen functional groups attached to an aromatic ring is 1. The lowest BCUT2D eigenvalue weighted by Gasteiger charge is -2.29. The second-order valence-electron chi connectivity index (χ2n) is 19.2. The number of benzene rings is 4. The zero-order valence-corrected chi connectivity index (χ0v) is 46.1. The first kappa shape index (κ1) is 63.5. The van der Waals surface area contributed by atoms with Gasteiger partial charge in [0.15, 0.2) is 0 Å². The molecule has 0 fully saturated rings. The van der Waals surface area contributed by atoms with Crippen LogP contribution in [0, 0.1) is 0 Å². The molecule has 81 heavy (non-hydrogen) atoms. The number of hydrogen-bond donors (Lipinski definition) is 17. The number of carboxylic acids is 1. The number of aliphatic carboxylic acids is 1. The molecule has 0 radical (unpaired) electrons. The van der Waals surface area contributed by atoms with Crippen molar-refractivity contribution in [2.24, 2.45) is 11.5 Å². The number of rotatable bonds is 31. The maximum absolute atomic E-state index is 14.9. The summed E-state index contributed by atoms with van der Waals surface area (Å²) in [7, 11) is 0. The highest BCUT2D eigenvalue weighted by atomic mass is 32.1. The number of aliphatic hydroxyl groups excluding tert-OH is 1. The van der Waals surface area contributed by atoms with Crippen LogP contribution in [0.3, 0.4) is 0 Å². The molecule has 0 bridgehead atoms. The Morgan fingerprint density at radius 3 is 1.48 bits per heavy atom. The predicted molar refractivity (Wildman–Crippen MR) is 308 cm³/mol. The van der Waals surface area contributed by atoms with Crippen LogP contribution in [0.4, 0.5) is 10.5 Å². The lowest BCUT2D eigenvalue weighted by atomic mass is 10.00. The van der Waals surface area contributed by atoms with Gasteiger partial charge in [-0.1, -0.05) is 72.8 Å². The number of thiol groups is 2. The average molecular weight is 1160 g/mol. The number of urea groups is 1. The van der Waals surface area contributed by atoms with E-state index in [0.717, 1.165) is 0 Å². The van der Waals surface area contributed by atoms with Crippen molar-refractivity contribution in [3.8, 4) is 5.75 Å². The van der Waals surface area contributed by atoms with Gasteiger partial charge in [0.2, 0.25) is 41.4 Å². The number of para-hydroxylation sites is 1. The molecule has 24 nitrogen and oxygen atoms in total. The Balaban J connectivity index is 1.47. The molecular weight excluding hydrogens is 1080 g/mol. The van der Waals surface area contributed by atoms with Gasteiger partial charge in [-0.05, 0) is 85.3 Å². The number of nitrogens with two attached hydrogens (primary N) is 3. The van der Waals surface area contributed by atoms with Gasteiger partial charge in [0.1, 0.15) is 54.1 Å². The molecule has 1 heterocycles. The van der Waals surface area contributed by atoms with Crippen LogP contribution in [-0.4, -0.2) is 146 Å². The Labute approximate surface area is 478 Å². The van der Waals surface area contributed by atoms with Gasteiger partial charge in [-0.3, -0.25) is 33.6 Å². The summed E-state index contributed by atoms with van der Waals surface area (Å²) in [6.45, 7) is 1.41. The van der Waals surface area contributed by atoms with Gasteiger partial charge in [-0.15, -0.1) is 0 Å². The lowest BCUT2D eigenvalue weighted by molar-refractivity contribution is -0.141. The summed E-state index contributed by atoms with van der Waals surface area (Å²) in [4.78, 5) is 127. The van der Waals surface area contributed by atoms with Crippen molar-refractivity contribution in [1.82, 2.24) is 47.5 Å². The minimum Gasteiger partial charge on any atom is -0.508 e. The number of fused-ring (bicyclic) bond motifs is 1. The molecule has 0 saturated carbocycles. The number of carboxylic acid groups (broad SMARTS) is 1. The molecule has 4 aromatic carbocycles. The number of H-pyrrole nitrogens is 1. The fourth-order valence-corrected chi connectivity index (χ4v) is 9.06. The molecule has 0 saturated heterocycles. The zero-order chi connectivity index (χ0) is 59.2. The van der Waals surface area contributed by atoms with Crippen LogP contribution >= 0.6 is 25.3 Å². The van der Waals surface area contributed by atoms with Crippen LogP contribution in [-0.2, 0) is 64.0 Å². The van der Waals surface area contributed by atoms with E-state index in [0.29, 0.717) is 45.3 Å². The molecule has 434 valence electrons. The van der Waals surface area contributed by atoms with Crippen molar-refractivity contribution in [1.29, 1.82) is 0 Å². The smallest absolute Gasteiger partial charge is 0.327 e. The van der Waals surface area contributed by atoms with Crippen LogP contribution in [0.2, 0.25) is 0 Å². The average Bonchev–Trinajstić information content (AvgIpc) is 3.86. The quantitative estimate of drug-likeness (QED) is 0.0153. The molecule has 0 aliphatic heterocycles. The van der Waals surface area contributed by atoms with Crippen molar-refractivity contribution < 1.29 is 58.5 Å². The largest absolute Gasteiger partial charge is 0.508 e. The number of nitrogens with one attached hydrogen (secondary N) is 9. The highest BCUT2D eigenvalue weighted by Crippen LogP contribution is 2.20. The number of aromatic nitrogens is 1. The highest BCUT2D eigenvalue weighted by molar-refractivity contribution is 7.80. The van der Waals surface area contributed by atoms with Crippen LogP contribution in [0.25, 0.3) is 10.9 Å². The van der Waals surface area contributed by atoms with Gasteiger partial charge in [0.05, 0.1) is 6.10 Å². The SMILES string of the molecule is C[C@@H](O)[C@H](NC(=O)[C@H](CCCCN)NC(=O)[C@H](Cc1c[nH]c2ccccc12)NC(=O)[C@H](Cc1ccc(N)cc1)NC(=O)[C@H](Cc1ccccc1)NC(=O)[C@H](CS)NC(N)=O)C(=O)N[C@@H](Cc1ccc(O)cc1)C(=O)N[C@@H](CS)C(=O)O. The summed E-state index contributed by atoms with van der Waals surface area (Å²) in [6, 6.07) is 15.3. The van der Waals surface area contributed by atoms with Crippen molar-refractivity contribution >= 4 is 95.2 Å². The van der Waals surface area contributed by atoms with E-state index in [1.165, 1.54) is 31.2 Å². The van der Waals surface area contributed by atoms with Gasteiger partial charge in [0, 0.05) is 60.0 Å². The van der Waals surface area contributed by atoms with Crippen molar-refractivity contribution in [2.75, 3.05) is 23.8 Å². The second-order valence-corrected chi connectivity index (χ2v) is 19.9. The fraction of sp³-hybridized carbons (Fsp3) is 0.364. The summed E-state index contributed by atoms with van der Waals surface area (Å²) >= 11 is 8.17. The molecule has 1 aromatic heterocycles. The summed E-state index contributed by atoms with van der Waals surface area (Å²) < 4.78 is 0. The molecule has 26 heteroatoms. The van der Waals surface area contributed by atoms with Crippen LogP contribution in [0.1, 0.15) is 48.4 Å². The molecule has 5 aromatic rings. The van der Waals surface area contributed by atoms with E-state index in [2.05, 4.69) is 72.8 Å². The number of aromatic amines is 1. The summed E-state index contributed by atoms with van der Waals surface area (Å²) in [6.07, 6.45) is 0.0156. The third-order valence-corrected chi connectivity index (χ3v) is 13.7. The summed E-state index contributed by atoms with van der Waals surface area (Å²) in [5.74, 6) is -8.27. The second kappa shape index (κ2) is 31.5. The van der Waals surface area contributed by atoms with Crippen molar-refractivity contribution in [2.45, 2.75) is 106 Å². The third-order valence-electron chi connectivity index (χ3n) is 13.0. The van der Waals surface area contributed by atoms with Gasteiger partial charge in [0.25, 0.3) is 0 Å². The number of carbonyl (C=O) groups excluding carboxylic acids is 8. The zero-order valence-electron chi connectivity index (χ0n) is 44.3. The molecule has 18 N–H and O–H groups in total. The monoisotopic (exact) mass is 1150 g/mol. The number of carbonyl (C=O) groups is 9. The minimum absolute atomic E-state index is 0.0593. The number of anilines is 1. The molecule has 5 rings (SSSR count). The lowest BCUT2D eigenvalue weighted by Crippen LogP contribution is -2.62. The van der Waals surface area contributed by atoms with Crippen LogP contribution in [0.5, 0.6) is 5.75 Å². The van der Waals surface area contributed by atoms with E-state index in [1.807, 2.05) is 0 Å². The van der Waals surface area contributed by atoms with Crippen molar-refractivity contribution in [3.63, 3.8) is 0 Å². The first-order valence-corrected chi connectivity index (χ1v) is 27.2. The van der Waals surface area contributed by atoms with E-state index in [1.54, 1.807) is 85.1 Å². The molecule has 9 amide bonds. The normalized spacial score (nSPS) is 14.4. The number of aromatic hydroxyl groups is 1. The minimum atomic E-state index is -1.76. The van der Waals surface area contributed by atoms with E-state index in [9.17, 15) is 58.5 Å². The molecule has 0 aliphatic carbocycles. The Morgan fingerprint density at radius 2 is 0.975 bits per heavy atom. The van der Waals surface area contributed by atoms with E-state index in [-0.39, 0.29) is 62.3 Å². The molecular formula is C55H70N12O12S2. The summed E-state index contributed by atoms with van der Waals surface area (Å²) in [5.41, 5.74) is 20.4. The van der Waals surface area contributed by atoms with Gasteiger partial charge in [-0.2, -0.15) is 25.3 Å². The van der Waals surface area contributed by atoms with E-state index in [4.69, 9.17) is 17.2 Å². The van der Waals surface area contributed by atoms with Crippen LogP contribution in [0.15, 0.2) is 109 Å². The Morgan fingerprint density at radius 1 is 0.531 bits per heavy atom. The predicted octanol–water partition coefficient (Wildman–Crippen LogP) is -0.389.